The van der Waals surface area contributed by atoms with Gasteiger partial charge in [-0.3, -0.25) is 4.79 Å². The third kappa shape index (κ3) is 5.38. The maximum Gasteiger partial charge on any atom is 0.416 e. The van der Waals surface area contributed by atoms with Crippen molar-refractivity contribution in [2.24, 2.45) is 11.1 Å². The van der Waals surface area contributed by atoms with E-state index in [0.29, 0.717) is 12.1 Å². The highest BCUT2D eigenvalue weighted by Gasteiger charge is 2.30. The molecule has 0 saturated heterocycles. The molecule has 1 amide bonds. The van der Waals surface area contributed by atoms with Crippen LogP contribution in [0.3, 0.4) is 0 Å². The van der Waals surface area contributed by atoms with E-state index in [9.17, 15) is 18.0 Å². The van der Waals surface area contributed by atoms with Crippen molar-refractivity contribution in [1.82, 2.24) is 5.32 Å². The summed E-state index contributed by atoms with van der Waals surface area (Å²) < 4.78 is 37.3. The van der Waals surface area contributed by atoms with Crippen LogP contribution in [0.1, 0.15) is 31.9 Å². The molecule has 0 saturated carbocycles. The summed E-state index contributed by atoms with van der Waals surface area (Å²) in [5, 5.41) is 2.81. The van der Waals surface area contributed by atoms with E-state index >= 15 is 0 Å². The molecule has 1 aromatic rings. The molecular formula is C15H21F3N2O. The van der Waals surface area contributed by atoms with Gasteiger partial charge in [-0.2, -0.15) is 13.2 Å². The van der Waals surface area contributed by atoms with E-state index in [4.69, 9.17) is 5.73 Å². The number of hydrogen-bond donors (Lipinski definition) is 2. The molecule has 3 nitrogen and oxygen atoms in total. The number of carbonyl (C=O) groups is 1. The second kappa shape index (κ2) is 6.47. The van der Waals surface area contributed by atoms with Gasteiger partial charge in [0.2, 0.25) is 5.91 Å². The van der Waals surface area contributed by atoms with E-state index < -0.39 is 11.7 Å². The zero-order chi connectivity index (χ0) is 16.3. The number of nitrogens with one attached hydrogen (secondary N) is 1. The van der Waals surface area contributed by atoms with Gasteiger partial charge >= 0.3 is 6.18 Å². The number of halogens is 3. The molecule has 0 heterocycles. The van der Waals surface area contributed by atoms with Gasteiger partial charge in [0.1, 0.15) is 0 Å². The van der Waals surface area contributed by atoms with Crippen LogP contribution < -0.4 is 11.1 Å². The average molecular weight is 302 g/mol. The zero-order valence-corrected chi connectivity index (χ0v) is 12.4. The first kappa shape index (κ1) is 17.5. The quantitative estimate of drug-likeness (QED) is 0.898. The van der Waals surface area contributed by atoms with Gasteiger partial charge in [-0.15, -0.1) is 0 Å². The summed E-state index contributed by atoms with van der Waals surface area (Å²) >= 11 is 0. The Labute approximate surface area is 122 Å². The number of carbonyl (C=O) groups excluding carboxylic acids is 1. The summed E-state index contributed by atoms with van der Waals surface area (Å²) in [6.07, 6.45) is -4.33. The second-order valence-electron chi connectivity index (χ2n) is 6.09. The van der Waals surface area contributed by atoms with Crippen LogP contribution >= 0.6 is 0 Å². The Morgan fingerprint density at radius 2 is 1.71 bits per heavy atom. The Hall–Kier alpha value is -1.56. The predicted octanol–water partition coefficient (Wildman–Crippen LogP) is 2.74. The van der Waals surface area contributed by atoms with Crippen LogP contribution in [0, 0.1) is 5.41 Å². The first-order valence-electron chi connectivity index (χ1n) is 6.69. The molecule has 1 rings (SSSR count). The lowest BCUT2D eigenvalue weighted by atomic mass is 9.86. The Balaban J connectivity index is 2.67. The summed E-state index contributed by atoms with van der Waals surface area (Å²) in [7, 11) is 0. The monoisotopic (exact) mass is 302 g/mol. The summed E-state index contributed by atoms with van der Waals surface area (Å²) in [5.41, 5.74) is 5.26. The van der Waals surface area contributed by atoms with Gasteiger partial charge in [0.15, 0.2) is 0 Å². The number of alkyl halides is 3. The van der Waals surface area contributed by atoms with Gasteiger partial charge in [-0.1, -0.05) is 32.9 Å². The molecule has 0 bridgehead atoms. The summed E-state index contributed by atoms with van der Waals surface area (Å²) in [6, 6.07) is 4.41. The van der Waals surface area contributed by atoms with Crippen molar-refractivity contribution in [3.8, 4) is 0 Å². The minimum atomic E-state index is -4.36. The largest absolute Gasteiger partial charge is 0.416 e. The lowest BCUT2D eigenvalue weighted by Crippen LogP contribution is -2.48. The molecule has 6 heteroatoms. The van der Waals surface area contributed by atoms with Gasteiger partial charge in [-0.05, 0) is 23.1 Å². The van der Waals surface area contributed by atoms with Crippen LogP contribution in [0.5, 0.6) is 0 Å². The minimum Gasteiger partial charge on any atom is -0.351 e. The minimum absolute atomic E-state index is 0.0325. The van der Waals surface area contributed by atoms with Gasteiger partial charge in [0.25, 0.3) is 0 Å². The zero-order valence-electron chi connectivity index (χ0n) is 12.4. The Morgan fingerprint density at radius 1 is 1.19 bits per heavy atom. The fourth-order valence-corrected chi connectivity index (χ4v) is 1.87. The van der Waals surface area contributed by atoms with Gasteiger partial charge in [0, 0.05) is 12.6 Å². The fourth-order valence-electron chi connectivity index (χ4n) is 1.87. The van der Waals surface area contributed by atoms with E-state index in [0.717, 1.165) is 12.1 Å². The molecule has 0 aliphatic carbocycles. The highest BCUT2D eigenvalue weighted by Crippen LogP contribution is 2.29. The Kier molecular flexibility index (Phi) is 5.39. The lowest BCUT2D eigenvalue weighted by molar-refractivity contribution is -0.137. The normalized spacial score (nSPS) is 13.9. The summed E-state index contributed by atoms with van der Waals surface area (Å²) in [4.78, 5) is 11.9. The second-order valence-corrected chi connectivity index (χ2v) is 6.09. The number of benzene rings is 1. The van der Waals surface area contributed by atoms with E-state index in [1.807, 2.05) is 20.8 Å². The molecule has 21 heavy (non-hydrogen) atoms. The predicted molar refractivity (Wildman–Crippen MR) is 75.6 cm³/mol. The van der Waals surface area contributed by atoms with Gasteiger partial charge in [-0.25, -0.2) is 0 Å². The maximum absolute atomic E-state index is 12.4. The highest BCUT2D eigenvalue weighted by atomic mass is 19.4. The molecule has 1 aromatic carbocycles. The van der Waals surface area contributed by atoms with E-state index in [1.54, 1.807) is 0 Å². The topological polar surface area (TPSA) is 55.1 Å². The van der Waals surface area contributed by atoms with Crippen molar-refractivity contribution in [2.75, 3.05) is 6.54 Å². The van der Waals surface area contributed by atoms with Crippen molar-refractivity contribution < 1.29 is 18.0 Å². The first-order valence-corrected chi connectivity index (χ1v) is 6.69. The Morgan fingerprint density at radius 3 is 2.10 bits per heavy atom. The molecule has 0 aliphatic rings. The summed E-state index contributed by atoms with van der Waals surface area (Å²) in [5.74, 6) is -0.250. The Bertz CT molecular complexity index is 475. The highest BCUT2D eigenvalue weighted by molar-refractivity contribution is 5.79. The first-order chi connectivity index (χ1) is 9.54. The summed E-state index contributed by atoms with van der Waals surface area (Å²) in [6.45, 7) is 6.19. The molecule has 1 atom stereocenters. The third-order valence-corrected chi connectivity index (χ3v) is 3.26. The standard InChI is InChI=1S/C15H21F3N2O/c1-14(2,3)12(9-19)20-13(21)8-10-4-6-11(7-5-10)15(16,17)18/h4-7,12H,8-9,19H2,1-3H3,(H,20,21). The third-order valence-electron chi connectivity index (χ3n) is 3.26. The number of hydrogen-bond acceptors (Lipinski definition) is 2. The average Bonchev–Trinajstić information content (AvgIpc) is 2.34. The molecule has 0 aliphatic heterocycles. The van der Waals surface area contributed by atoms with Crippen LogP contribution in [0.15, 0.2) is 24.3 Å². The van der Waals surface area contributed by atoms with Crippen molar-refractivity contribution in [2.45, 2.75) is 39.4 Å². The van der Waals surface area contributed by atoms with Crippen LogP contribution in [-0.4, -0.2) is 18.5 Å². The lowest BCUT2D eigenvalue weighted by Gasteiger charge is -2.30. The molecular weight excluding hydrogens is 281 g/mol. The maximum atomic E-state index is 12.4. The SMILES string of the molecule is CC(C)(C)C(CN)NC(=O)Cc1ccc(C(F)(F)F)cc1. The van der Waals surface area contributed by atoms with E-state index in [2.05, 4.69) is 5.32 Å². The van der Waals surface area contributed by atoms with E-state index in [1.165, 1.54) is 12.1 Å². The molecule has 3 N–H and O–H groups in total. The van der Waals surface area contributed by atoms with Crippen molar-refractivity contribution in [3.05, 3.63) is 35.4 Å². The van der Waals surface area contributed by atoms with Gasteiger partial charge in [0.05, 0.1) is 12.0 Å². The van der Waals surface area contributed by atoms with Crippen LogP contribution in [0.4, 0.5) is 13.2 Å². The van der Waals surface area contributed by atoms with Crippen LogP contribution in [-0.2, 0) is 17.4 Å². The van der Waals surface area contributed by atoms with Crippen molar-refractivity contribution in [1.29, 1.82) is 0 Å². The molecule has 0 fully saturated rings. The molecule has 0 radical (unpaired) electrons. The van der Waals surface area contributed by atoms with Crippen LogP contribution in [0.25, 0.3) is 0 Å². The molecule has 1 unspecified atom stereocenters. The van der Waals surface area contributed by atoms with Crippen molar-refractivity contribution in [3.63, 3.8) is 0 Å². The molecule has 0 spiro atoms. The molecule has 0 aromatic heterocycles. The fraction of sp³-hybridized carbons (Fsp3) is 0.533. The smallest absolute Gasteiger partial charge is 0.351 e. The number of nitrogens with two attached hydrogens (primary N) is 1. The number of amides is 1. The van der Waals surface area contributed by atoms with Crippen molar-refractivity contribution >= 4 is 5.91 Å². The van der Waals surface area contributed by atoms with E-state index in [-0.39, 0.29) is 23.8 Å². The van der Waals surface area contributed by atoms with Gasteiger partial charge < -0.3 is 11.1 Å². The van der Waals surface area contributed by atoms with Crippen LogP contribution in [0.2, 0.25) is 0 Å². The number of rotatable bonds is 4. The molecule has 118 valence electrons.